The van der Waals surface area contributed by atoms with Gasteiger partial charge in [0.15, 0.2) is 11.5 Å². The molecule has 0 saturated carbocycles. The van der Waals surface area contributed by atoms with Crippen molar-refractivity contribution in [3.8, 4) is 28.7 Å². The number of carbonyl (C=O) groups excluding carboxylic acids is 1. The number of fused-ring (bicyclic) bond motifs is 2. The van der Waals surface area contributed by atoms with E-state index < -0.39 is 5.97 Å². The minimum absolute atomic E-state index is 0.00195. The van der Waals surface area contributed by atoms with Gasteiger partial charge in [-0.3, -0.25) is 0 Å². The zero-order valence-electron chi connectivity index (χ0n) is 17.2. The molecule has 1 aliphatic rings. The van der Waals surface area contributed by atoms with Crippen LogP contribution >= 0.6 is 11.6 Å². The highest BCUT2D eigenvalue weighted by molar-refractivity contribution is 6.34. The Labute approximate surface area is 174 Å². The molecule has 0 atom stereocenters. The van der Waals surface area contributed by atoms with Crippen molar-refractivity contribution < 1.29 is 24.5 Å². The second-order valence-corrected chi connectivity index (χ2v) is 7.41. The quantitative estimate of drug-likeness (QED) is 0.431. The number of hydrogen-bond acceptors (Lipinski definition) is 5. The van der Waals surface area contributed by atoms with Crippen LogP contribution in [-0.2, 0) is 0 Å². The predicted octanol–water partition coefficient (Wildman–Crippen LogP) is 6.54. The molecule has 0 radical (unpaired) electrons. The minimum atomic E-state index is -0.632. The van der Waals surface area contributed by atoms with E-state index in [9.17, 15) is 15.0 Å². The Bertz CT molecular complexity index is 1110. The van der Waals surface area contributed by atoms with Crippen LogP contribution in [-0.4, -0.2) is 16.2 Å². The van der Waals surface area contributed by atoms with Crippen molar-refractivity contribution in [1.29, 1.82) is 0 Å². The van der Waals surface area contributed by atoms with Gasteiger partial charge in [-0.15, -0.1) is 0 Å². The van der Waals surface area contributed by atoms with Gasteiger partial charge in [-0.2, -0.15) is 0 Å². The summed E-state index contributed by atoms with van der Waals surface area (Å²) in [6.45, 7) is 10.6. The molecule has 3 rings (SSSR count). The first kappa shape index (κ1) is 20.8. The lowest BCUT2D eigenvalue weighted by Gasteiger charge is -2.19. The molecule has 5 nitrogen and oxygen atoms in total. The molecule has 0 fully saturated rings. The number of aromatic hydroxyl groups is 2. The van der Waals surface area contributed by atoms with Crippen molar-refractivity contribution in [3.63, 3.8) is 0 Å². The molecule has 0 aromatic heterocycles. The fourth-order valence-corrected chi connectivity index (χ4v) is 3.65. The van der Waals surface area contributed by atoms with Gasteiger partial charge in [-0.05, 0) is 64.3 Å². The SMILES string of the molecule is CC=C(C)c1cc(O)c(C)c2c1C(=O)Oc1c(C)c(O)c(Cl)c(C(C)=CC)c1O2. The maximum absolute atomic E-state index is 13.1. The molecule has 2 N–H and O–H groups in total. The third kappa shape index (κ3) is 3.15. The molecule has 0 saturated heterocycles. The van der Waals surface area contributed by atoms with Crippen LogP contribution in [0.4, 0.5) is 0 Å². The van der Waals surface area contributed by atoms with Crippen molar-refractivity contribution in [3.05, 3.63) is 51.1 Å². The van der Waals surface area contributed by atoms with Gasteiger partial charge in [0.1, 0.15) is 22.8 Å². The summed E-state index contributed by atoms with van der Waals surface area (Å²) in [6, 6.07) is 1.53. The van der Waals surface area contributed by atoms with Gasteiger partial charge in [-0.25, -0.2) is 4.79 Å². The average Bonchev–Trinajstić information content (AvgIpc) is 2.85. The van der Waals surface area contributed by atoms with Crippen LogP contribution in [0.2, 0.25) is 5.02 Å². The fraction of sp³-hybridized carbons (Fsp3) is 0.261. The molecule has 152 valence electrons. The maximum atomic E-state index is 13.1. The number of phenolic OH excluding ortho intramolecular Hbond substituents is 2. The largest absolute Gasteiger partial charge is 0.508 e. The van der Waals surface area contributed by atoms with Crippen molar-refractivity contribution >= 4 is 28.7 Å². The number of allylic oxidation sites excluding steroid dienone is 4. The number of carbonyl (C=O) groups is 1. The van der Waals surface area contributed by atoms with Gasteiger partial charge >= 0.3 is 5.97 Å². The van der Waals surface area contributed by atoms with E-state index in [1.807, 2.05) is 39.8 Å². The third-order valence-corrected chi connectivity index (χ3v) is 5.71. The normalized spacial score (nSPS) is 14.0. The summed E-state index contributed by atoms with van der Waals surface area (Å²) in [5, 5.41) is 21.1. The fourth-order valence-electron chi connectivity index (χ4n) is 3.28. The zero-order chi connectivity index (χ0) is 21.6. The molecule has 2 aromatic rings. The average molecular weight is 415 g/mol. The summed E-state index contributed by atoms with van der Waals surface area (Å²) >= 11 is 6.43. The van der Waals surface area contributed by atoms with E-state index in [1.165, 1.54) is 6.07 Å². The first-order chi connectivity index (χ1) is 13.6. The van der Waals surface area contributed by atoms with Crippen molar-refractivity contribution in [2.75, 3.05) is 0 Å². The zero-order valence-corrected chi connectivity index (χ0v) is 18.0. The van der Waals surface area contributed by atoms with E-state index in [0.29, 0.717) is 22.3 Å². The van der Waals surface area contributed by atoms with Crippen LogP contribution in [0.5, 0.6) is 28.7 Å². The summed E-state index contributed by atoms with van der Waals surface area (Å²) in [4.78, 5) is 13.1. The van der Waals surface area contributed by atoms with Crippen LogP contribution in [0.3, 0.4) is 0 Å². The number of esters is 1. The summed E-state index contributed by atoms with van der Waals surface area (Å²) in [6.07, 6.45) is 3.65. The molecule has 0 spiro atoms. The smallest absolute Gasteiger partial charge is 0.348 e. The summed E-state index contributed by atoms with van der Waals surface area (Å²) < 4.78 is 11.9. The van der Waals surface area contributed by atoms with Crippen molar-refractivity contribution in [2.24, 2.45) is 0 Å². The van der Waals surface area contributed by atoms with Crippen LogP contribution < -0.4 is 9.47 Å². The molecule has 6 heteroatoms. The number of benzene rings is 2. The van der Waals surface area contributed by atoms with Gasteiger partial charge in [0, 0.05) is 16.7 Å². The highest BCUT2D eigenvalue weighted by Gasteiger charge is 2.34. The van der Waals surface area contributed by atoms with E-state index in [0.717, 1.165) is 11.1 Å². The number of ether oxygens (including phenoxy) is 2. The summed E-state index contributed by atoms with van der Waals surface area (Å²) in [5.41, 5.74) is 3.38. The van der Waals surface area contributed by atoms with Crippen LogP contribution in [0, 0.1) is 13.8 Å². The monoisotopic (exact) mass is 414 g/mol. The van der Waals surface area contributed by atoms with Crippen LogP contribution in [0.15, 0.2) is 18.2 Å². The molecular weight excluding hydrogens is 392 g/mol. The van der Waals surface area contributed by atoms with Gasteiger partial charge < -0.3 is 19.7 Å². The molecule has 1 heterocycles. The van der Waals surface area contributed by atoms with Crippen LogP contribution in [0.1, 0.15) is 60.3 Å². The van der Waals surface area contributed by atoms with Gasteiger partial charge in [0.2, 0.25) is 0 Å². The topological polar surface area (TPSA) is 76.0 Å². The van der Waals surface area contributed by atoms with Gasteiger partial charge in [0.25, 0.3) is 0 Å². The molecule has 0 unspecified atom stereocenters. The van der Waals surface area contributed by atoms with E-state index in [2.05, 4.69) is 0 Å². The third-order valence-electron chi connectivity index (χ3n) is 5.35. The lowest BCUT2D eigenvalue weighted by molar-refractivity contribution is 0.0735. The maximum Gasteiger partial charge on any atom is 0.348 e. The molecule has 29 heavy (non-hydrogen) atoms. The predicted molar refractivity (Wildman–Crippen MR) is 114 cm³/mol. The Morgan fingerprint density at radius 3 is 2.17 bits per heavy atom. The Morgan fingerprint density at radius 1 is 0.966 bits per heavy atom. The standard InChI is InChI=1S/C23H23ClO5/c1-7-10(3)14-9-15(25)12(5)20-17(14)23(27)29-21-13(6)19(26)18(24)16(11(4)8-2)22(21)28-20/h7-9,25-26H,1-6H3. The minimum Gasteiger partial charge on any atom is -0.508 e. The Balaban J connectivity index is 2.46. The van der Waals surface area contributed by atoms with Crippen molar-refractivity contribution in [1.82, 2.24) is 0 Å². The lowest BCUT2D eigenvalue weighted by atomic mass is 9.96. The van der Waals surface area contributed by atoms with Crippen LogP contribution in [0.25, 0.3) is 11.1 Å². The highest BCUT2D eigenvalue weighted by atomic mass is 35.5. The van der Waals surface area contributed by atoms with Gasteiger partial charge in [-0.1, -0.05) is 23.8 Å². The second-order valence-electron chi connectivity index (χ2n) is 7.03. The summed E-state index contributed by atoms with van der Waals surface area (Å²) in [5.74, 6) is -0.267. The number of hydrogen-bond donors (Lipinski definition) is 2. The Morgan fingerprint density at radius 2 is 1.59 bits per heavy atom. The molecule has 0 amide bonds. The van der Waals surface area contributed by atoms with E-state index >= 15 is 0 Å². The van der Waals surface area contributed by atoms with E-state index in [4.69, 9.17) is 21.1 Å². The number of halogens is 1. The highest BCUT2D eigenvalue weighted by Crippen LogP contribution is 2.53. The molecular formula is C23H23ClO5. The Kier molecular flexibility index (Phi) is 5.37. The second kappa shape index (κ2) is 7.48. The summed E-state index contributed by atoms with van der Waals surface area (Å²) in [7, 11) is 0. The van der Waals surface area contributed by atoms with Gasteiger partial charge in [0.05, 0.1) is 5.02 Å². The number of rotatable bonds is 2. The first-order valence-electron chi connectivity index (χ1n) is 9.22. The van der Waals surface area contributed by atoms with E-state index in [1.54, 1.807) is 13.8 Å². The molecule has 0 aliphatic carbocycles. The lowest BCUT2D eigenvalue weighted by Crippen LogP contribution is -2.11. The molecule has 0 bridgehead atoms. The van der Waals surface area contributed by atoms with Crippen molar-refractivity contribution in [2.45, 2.75) is 41.5 Å². The number of phenols is 2. The van der Waals surface area contributed by atoms with E-state index in [-0.39, 0.29) is 39.3 Å². The first-order valence-corrected chi connectivity index (χ1v) is 9.59. The Hall–Kier alpha value is -2.92. The molecule has 1 aliphatic heterocycles. The molecule has 2 aromatic carbocycles.